The van der Waals surface area contributed by atoms with Crippen molar-refractivity contribution >= 4 is 0 Å². The van der Waals surface area contributed by atoms with E-state index in [-0.39, 0.29) is 10.8 Å². The molecular weight excluding hydrogens is 258 g/mol. The monoisotopic (exact) mass is 289 g/mol. The molecule has 1 aromatic rings. The lowest BCUT2D eigenvalue weighted by Crippen LogP contribution is -2.63. The summed E-state index contributed by atoms with van der Waals surface area (Å²) in [5.41, 5.74) is 1.80. The van der Waals surface area contributed by atoms with Gasteiger partial charge in [-0.25, -0.2) is 0 Å². The molecule has 0 bridgehead atoms. The summed E-state index contributed by atoms with van der Waals surface area (Å²) < 4.78 is 6.26. The third-order valence-corrected chi connectivity index (χ3v) is 5.19. The Morgan fingerprint density at radius 3 is 2.29 bits per heavy atom. The van der Waals surface area contributed by atoms with Crippen molar-refractivity contribution in [3.8, 4) is 5.75 Å². The Labute approximate surface area is 130 Å². The summed E-state index contributed by atoms with van der Waals surface area (Å²) in [7, 11) is 0. The summed E-state index contributed by atoms with van der Waals surface area (Å²) in [6.07, 6.45) is 2.58. The molecular formula is C19H31NO. The third-order valence-electron chi connectivity index (χ3n) is 5.19. The molecule has 21 heavy (non-hydrogen) atoms. The van der Waals surface area contributed by atoms with Gasteiger partial charge in [0.2, 0.25) is 0 Å². The van der Waals surface area contributed by atoms with Crippen LogP contribution >= 0.6 is 0 Å². The SMILES string of the molecule is CCNC1CC(Oc2ccc(C(C)(C)C)cc2)C1(C)CC. The van der Waals surface area contributed by atoms with Crippen LogP contribution in [0.25, 0.3) is 0 Å². The summed E-state index contributed by atoms with van der Waals surface area (Å²) >= 11 is 0. The molecule has 1 aliphatic rings. The molecule has 2 nitrogen and oxygen atoms in total. The fraction of sp³-hybridized carbons (Fsp3) is 0.684. The molecule has 0 saturated heterocycles. The van der Waals surface area contributed by atoms with Crippen LogP contribution in [0.2, 0.25) is 0 Å². The molecule has 1 aromatic carbocycles. The maximum atomic E-state index is 6.26. The van der Waals surface area contributed by atoms with E-state index < -0.39 is 0 Å². The first-order valence-corrected chi connectivity index (χ1v) is 8.32. The number of ether oxygens (including phenoxy) is 1. The van der Waals surface area contributed by atoms with Crippen molar-refractivity contribution in [2.75, 3.05) is 6.54 Å². The van der Waals surface area contributed by atoms with E-state index >= 15 is 0 Å². The topological polar surface area (TPSA) is 21.3 Å². The van der Waals surface area contributed by atoms with Gasteiger partial charge in [-0.3, -0.25) is 0 Å². The van der Waals surface area contributed by atoms with Crippen LogP contribution in [-0.4, -0.2) is 18.7 Å². The lowest BCUT2D eigenvalue weighted by Gasteiger charge is -2.53. The fourth-order valence-corrected chi connectivity index (χ4v) is 3.23. The summed E-state index contributed by atoms with van der Waals surface area (Å²) in [6, 6.07) is 9.22. The van der Waals surface area contributed by atoms with Crippen LogP contribution in [0.5, 0.6) is 5.75 Å². The number of rotatable bonds is 5. The van der Waals surface area contributed by atoms with Gasteiger partial charge in [-0.1, -0.05) is 53.7 Å². The summed E-state index contributed by atoms with van der Waals surface area (Å²) in [5.74, 6) is 1.00. The normalized spacial score (nSPS) is 29.0. The van der Waals surface area contributed by atoms with Gasteiger partial charge in [0.05, 0.1) is 0 Å². The van der Waals surface area contributed by atoms with Crippen molar-refractivity contribution in [2.45, 2.75) is 71.9 Å². The van der Waals surface area contributed by atoms with E-state index in [0.717, 1.165) is 25.1 Å². The number of hydrogen-bond donors (Lipinski definition) is 1. The molecule has 1 fully saturated rings. The molecule has 1 saturated carbocycles. The molecule has 3 atom stereocenters. The van der Waals surface area contributed by atoms with Gasteiger partial charge < -0.3 is 10.1 Å². The standard InChI is InChI=1S/C19H31NO/c1-7-19(6)16(20-8-2)13-17(19)21-15-11-9-14(10-12-15)18(3,4)5/h9-12,16-17,20H,7-8,13H2,1-6H3. The van der Waals surface area contributed by atoms with E-state index in [0.29, 0.717) is 12.1 Å². The predicted molar refractivity (Wildman–Crippen MR) is 90.0 cm³/mol. The van der Waals surface area contributed by atoms with Crippen molar-refractivity contribution < 1.29 is 4.74 Å². The highest BCUT2D eigenvalue weighted by Crippen LogP contribution is 2.46. The predicted octanol–water partition coefficient (Wildman–Crippen LogP) is 4.53. The van der Waals surface area contributed by atoms with Crippen LogP contribution in [0.1, 0.15) is 59.9 Å². The first-order valence-electron chi connectivity index (χ1n) is 8.32. The third kappa shape index (κ3) is 3.26. The van der Waals surface area contributed by atoms with Crippen molar-refractivity contribution in [3.05, 3.63) is 29.8 Å². The molecule has 2 rings (SSSR count). The zero-order valence-corrected chi connectivity index (χ0v) is 14.5. The molecule has 0 aromatic heterocycles. The van der Waals surface area contributed by atoms with Gasteiger partial charge in [-0.2, -0.15) is 0 Å². The molecule has 0 radical (unpaired) electrons. The van der Waals surface area contributed by atoms with Gasteiger partial charge in [0.1, 0.15) is 11.9 Å². The minimum Gasteiger partial charge on any atom is -0.490 e. The highest BCUT2D eigenvalue weighted by atomic mass is 16.5. The van der Waals surface area contributed by atoms with E-state index in [4.69, 9.17) is 4.74 Å². The minimum absolute atomic E-state index is 0.197. The molecule has 3 unspecified atom stereocenters. The number of hydrogen-bond acceptors (Lipinski definition) is 2. The maximum Gasteiger partial charge on any atom is 0.119 e. The first kappa shape index (κ1) is 16.4. The lowest BCUT2D eigenvalue weighted by molar-refractivity contribution is -0.0697. The second kappa shape index (κ2) is 6.00. The molecule has 0 aliphatic heterocycles. The largest absolute Gasteiger partial charge is 0.490 e. The molecule has 118 valence electrons. The van der Waals surface area contributed by atoms with Crippen LogP contribution in [0.3, 0.4) is 0 Å². The van der Waals surface area contributed by atoms with Gasteiger partial charge in [0, 0.05) is 17.9 Å². The highest BCUT2D eigenvalue weighted by molar-refractivity contribution is 5.31. The van der Waals surface area contributed by atoms with Crippen LogP contribution in [0, 0.1) is 5.41 Å². The highest BCUT2D eigenvalue weighted by Gasteiger charge is 2.51. The van der Waals surface area contributed by atoms with Crippen LogP contribution in [0.15, 0.2) is 24.3 Å². The van der Waals surface area contributed by atoms with Gasteiger partial charge in [0.15, 0.2) is 0 Å². The summed E-state index contributed by atoms with van der Waals surface area (Å²) in [6.45, 7) is 14.5. The lowest BCUT2D eigenvalue weighted by atomic mass is 9.61. The van der Waals surface area contributed by atoms with Crippen LogP contribution in [0.4, 0.5) is 0 Å². The Kier molecular flexibility index (Phi) is 4.67. The van der Waals surface area contributed by atoms with Gasteiger partial charge >= 0.3 is 0 Å². The van der Waals surface area contributed by atoms with E-state index in [2.05, 4.69) is 71.1 Å². The second-order valence-electron chi connectivity index (χ2n) is 7.59. The Morgan fingerprint density at radius 2 is 1.81 bits per heavy atom. The Hall–Kier alpha value is -1.02. The van der Waals surface area contributed by atoms with E-state index in [9.17, 15) is 0 Å². The van der Waals surface area contributed by atoms with Crippen molar-refractivity contribution in [3.63, 3.8) is 0 Å². The molecule has 1 N–H and O–H groups in total. The smallest absolute Gasteiger partial charge is 0.119 e. The molecule has 0 spiro atoms. The van der Waals surface area contributed by atoms with Crippen LogP contribution < -0.4 is 10.1 Å². The number of benzene rings is 1. The Morgan fingerprint density at radius 1 is 1.19 bits per heavy atom. The minimum atomic E-state index is 0.197. The van der Waals surface area contributed by atoms with Crippen LogP contribution in [-0.2, 0) is 5.41 Å². The Bertz CT molecular complexity index is 459. The van der Waals surface area contributed by atoms with Crippen molar-refractivity contribution in [1.29, 1.82) is 0 Å². The van der Waals surface area contributed by atoms with E-state index in [1.807, 2.05) is 0 Å². The molecule has 0 heterocycles. The first-order chi connectivity index (χ1) is 9.81. The van der Waals surface area contributed by atoms with E-state index in [1.165, 1.54) is 5.56 Å². The average molecular weight is 289 g/mol. The average Bonchev–Trinajstić information content (AvgIpc) is 2.45. The fourth-order valence-electron chi connectivity index (χ4n) is 3.23. The van der Waals surface area contributed by atoms with Gasteiger partial charge in [-0.15, -0.1) is 0 Å². The summed E-state index contributed by atoms with van der Waals surface area (Å²) in [4.78, 5) is 0. The molecule has 2 heteroatoms. The summed E-state index contributed by atoms with van der Waals surface area (Å²) in [5, 5.41) is 3.59. The maximum absolute atomic E-state index is 6.26. The number of nitrogens with one attached hydrogen (secondary N) is 1. The molecule has 1 aliphatic carbocycles. The second-order valence-corrected chi connectivity index (χ2v) is 7.59. The van der Waals surface area contributed by atoms with E-state index in [1.54, 1.807) is 0 Å². The van der Waals surface area contributed by atoms with Crippen molar-refractivity contribution in [1.82, 2.24) is 5.32 Å². The Balaban J connectivity index is 2.03. The zero-order chi connectivity index (χ0) is 15.7. The van der Waals surface area contributed by atoms with Gasteiger partial charge in [-0.05, 0) is 36.1 Å². The van der Waals surface area contributed by atoms with Crippen molar-refractivity contribution in [2.24, 2.45) is 5.41 Å². The van der Waals surface area contributed by atoms with Gasteiger partial charge in [0.25, 0.3) is 0 Å². The molecule has 0 amide bonds. The quantitative estimate of drug-likeness (QED) is 0.860. The zero-order valence-electron chi connectivity index (χ0n) is 14.5.